The maximum atomic E-state index is 11.8. The molecule has 18 heavy (non-hydrogen) atoms. The lowest BCUT2D eigenvalue weighted by Gasteiger charge is -2.06. The van der Waals surface area contributed by atoms with Crippen molar-refractivity contribution in [1.29, 1.82) is 0 Å². The third-order valence-electron chi connectivity index (χ3n) is 2.62. The number of nitrogens with zero attached hydrogens (tertiary/aromatic N) is 1. The molecule has 2 aromatic heterocycles. The maximum absolute atomic E-state index is 11.8. The molecule has 0 radical (unpaired) electrons. The topological polar surface area (TPSA) is 66.9 Å². The highest BCUT2D eigenvalue weighted by Crippen LogP contribution is 1.93. The van der Waals surface area contributed by atoms with Gasteiger partial charge in [0.15, 0.2) is 5.43 Å². The molecule has 2 rings (SSSR count). The zero-order valence-electron chi connectivity index (χ0n) is 10.1. The number of H-pyrrole nitrogens is 1. The molecular formula is C13H15N3O2. The minimum atomic E-state index is -0.344. The van der Waals surface area contributed by atoms with E-state index in [-0.39, 0.29) is 16.9 Å². The number of hydrogen-bond donors (Lipinski definition) is 2. The van der Waals surface area contributed by atoms with E-state index < -0.39 is 0 Å². The molecule has 0 spiro atoms. The van der Waals surface area contributed by atoms with Gasteiger partial charge in [0, 0.05) is 43.4 Å². The van der Waals surface area contributed by atoms with Crippen LogP contribution < -0.4 is 10.7 Å². The maximum Gasteiger partial charge on any atom is 0.256 e. The summed E-state index contributed by atoms with van der Waals surface area (Å²) >= 11 is 0. The van der Waals surface area contributed by atoms with Gasteiger partial charge in [0.05, 0.1) is 0 Å². The molecule has 94 valence electrons. The van der Waals surface area contributed by atoms with Crippen molar-refractivity contribution >= 4 is 5.91 Å². The van der Waals surface area contributed by atoms with Gasteiger partial charge in [-0.2, -0.15) is 0 Å². The van der Waals surface area contributed by atoms with E-state index in [1.54, 1.807) is 6.92 Å². The molecule has 0 aromatic carbocycles. The molecule has 0 aliphatic rings. The van der Waals surface area contributed by atoms with Gasteiger partial charge < -0.3 is 14.9 Å². The minimum Gasteiger partial charge on any atom is -0.364 e. The number of nitrogens with one attached hydrogen (secondary N) is 2. The van der Waals surface area contributed by atoms with Crippen molar-refractivity contribution in [3.63, 3.8) is 0 Å². The molecule has 1 amide bonds. The Morgan fingerprint density at radius 1 is 1.39 bits per heavy atom. The monoisotopic (exact) mass is 245 g/mol. The summed E-state index contributed by atoms with van der Waals surface area (Å²) in [5.41, 5.74) is 0.627. The van der Waals surface area contributed by atoms with Gasteiger partial charge in [0.25, 0.3) is 5.91 Å². The molecule has 0 bridgehead atoms. The summed E-state index contributed by atoms with van der Waals surface area (Å²) in [5.74, 6) is -0.344. The third-order valence-corrected chi connectivity index (χ3v) is 2.62. The van der Waals surface area contributed by atoms with Crippen LogP contribution in [0, 0.1) is 6.92 Å². The Bertz CT molecular complexity index is 585. The van der Waals surface area contributed by atoms with Gasteiger partial charge in [-0.15, -0.1) is 0 Å². The first-order chi connectivity index (χ1) is 8.66. The van der Waals surface area contributed by atoms with Gasteiger partial charge in [0.1, 0.15) is 5.56 Å². The number of aromatic amines is 1. The van der Waals surface area contributed by atoms with Crippen molar-refractivity contribution in [1.82, 2.24) is 14.9 Å². The van der Waals surface area contributed by atoms with Crippen molar-refractivity contribution in [2.75, 3.05) is 6.54 Å². The van der Waals surface area contributed by atoms with Crippen LogP contribution in [0.2, 0.25) is 0 Å². The SMILES string of the molecule is Cc1cc(=O)c(C(=O)NCCn2cccc2)c[nH]1. The summed E-state index contributed by atoms with van der Waals surface area (Å²) in [7, 11) is 0. The lowest BCUT2D eigenvalue weighted by Crippen LogP contribution is -2.31. The van der Waals surface area contributed by atoms with E-state index in [0.717, 1.165) is 5.69 Å². The fraction of sp³-hybridized carbons (Fsp3) is 0.231. The second kappa shape index (κ2) is 5.35. The number of amides is 1. The minimum absolute atomic E-state index is 0.146. The van der Waals surface area contributed by atoms with E-state index in [0.29, 0.717) is 13.1 Å². The van der Waals surface area contributed by atoms with Gasteiger partial charge in [-0.25, -0.2) is 0 Å². The largest absolute Gasteiger partial charge is 0.364 e. The van der Waals surface area contributed by atoms with Crippen molar-refractivity contribution in [3.8, 4) is 0 Å². The summed E-state index contributed by atoms with van der Waals surface area (Å²) < 4.78 is 1.96. The highest BCUT2D eigenvalue weighted by molar-refractivity contribution is 5.93. The number of aromatic nitrogens is 2. The van der Waals surface area contributed by atoms with Crippen LogP contribution in [0.5, 0.6) is 0 Å². The Kier molecular flexibility index (Phi) is 3.62. The normalized spacial score (nSPS) is 10.3. The highest BCUT2D eigenvalue weighted by Gasteiger charge is 2.09. The molecule has 0 aliphatic carbocycles. The summed E-state index contributed by atoms with van der Waals surface area (Å²) in [6.07, 6.45) is 5.29. The van der Waals surface area contributed by atoms with E-state index in [1.807, 2.05) is 29.1 Å². The predicted molar refractivity (Wildman–Crippen MR) is 68.6 cm³/mol. The molecule has 0 fully saturated rings. The number of pyridine rings is 1. The molecule has 2 aromatic rings. The van der Waals surface area contributed by atoms with Crippen LogP contribution >= 0.6 is 0 Å². The first-order valence-electron chi connectivity index (χ1n) is 5.75. The molecular weight excluding hydrogens is 230 g/mol. The van der Waals surface area contributed by atoms with Crippen molar-refractivity contribution < 1.29 is 4.79 Å². The number of carbonyl (C=O) groups is 1. The van der Waals surface area contributed by atoms with Gasteiger partial charge in [-0.1, -0.05) is 0 Å². The van der Waals surface area contributed by atoms with Crippen LogP contribution in [0.4, 0.5) is 0 Å². The molecule has 0 aliphatic heterocycles. The van der Waals surface area contributed by atoms with Gasteiger partial charge in [0.2, 0.25) is 0 Å². The van der Waals surface area contributed by atoms with E-state index in [4.69, 9.17) is 0 Å². The molecule has 2 N–H and O–H groups in total. The van der Waals surface area contributed by atoms with E-state index in [1.165, 1.54) is 12.3 Å². The Hall–Kier alpha value is -2.30. The summed E-state index contributed by atoms with van der Waals surface area (Å²) in [6.45, 7) is 2.94. The first-order valence-corrected chi connectivity index (χ1v) is 5.75. The average molecular weight is 245 g/mol. The van der Waals surface area contributed by atoms with E-state index in [9.17, 15) is 9.59 Å². The van der Waals surface area contributed by atoms with Crippen LogP contribution in [-0.2, 0) is 6.54 Å². The number of hydrogen-bond acceptors (Lipinski definition) is 2. The summed E-state index contributed by atoms with van der Waals surface area (Å²) in [6, 6.07) is 5.26. The Balaban J connectivity index is 1.93. The van der Waals surface area contributed by atoms with Crippen LogP contribution in [0.25, 0.3) is 0 Å². The zero-order valence-corrected chi connectivity index (χ0v) is 10.1. The van der Waals surface area contributed by atoms with Crippen molar-refractivity contribution in [3.05, 3.63) is 58.3 Å². The number of rotatable bonds is 4. The molecule has 5 heteroatoms. The van der Waals surface area contributed by atoms with Gasteiger partial charge >= 0.3 is 0 Å². The van der Waals surface area contributed by atoms with Crippen molar-refractivity contribution in [2.45, 2.75) is 13.5 Å². The number of carbonyl (C=O) groups excluding carboxylic acids is 1. The molecule has 0 unspecified atom stereocenters. The molecule has 0 atom stereocenters. The van der Waals surface area contributed by atoms with Gasteiger partial charge in [-0.05, 0) is 19.1 Å². The highest BCUT2D eigenvalue weighted by atomic mass is 16.2. The second-order valence-electron chi connectivity index (χ2n) is 4.07. The lowest BCUT2D eigenvalue weighted by molar-refractivity contribution is 0.0951. The van der Waals surface area contributed by atoms with Crippen LogP contribution in [0.3, 0.4) is 0 Å². The fourth-order valence-corrected chi connectivity index (χ4v) is 1.66. The van der Waals surface area contributed by atoms with E-state index in [2.05, 4.69) is 10.3 Å². The second-order valence-corrected chi connectivity index (χ2v) is 4.07. The Labute approximate surface area is 104 Å². The zero-order chi connectivity index (χ0) is 13.0. The van der Waals surface area contributed by atoms with Crippen LogP contribution in [0.15, 0.2) is 41.6 Å². The summed E-state index contributed by atoms with van der Waals surface area (Å²) in [5, 5.41) is 2.72. The Morgan fingerprint density at radius 3 is 2.78 bits per heavy atom. The molecule has 0 saturated heterocycles. The van der Waals surface area contributed by atoms with Crippen molar-refractivity contribution in [2.24, 2.45) is 0 Å². The Morgan fingerprint density at radius 2 is 2.11 bits per heavy atom. The van der Waals surface area contributed by atoms with Crippen LogP contribution in [-0.4, -0.2) is 22.0 Å². The molecule has 5 nitrogen and oxygen atoms in total. The molecule has 0 saturated carbocycles. The average Bonchev–Trinajstić information content (AvgIpc) is 2.81. The smallest absolute Gasteiger partial charge is 0.256 e. The first kappa shape index (κ1) is 12.2. The fourth-order valence-electron chi connectivity index (χ4n) is 1.66. The third kappa shape index (κ3) is 2.88. The van der Waals surface area contributed by atoms with Crippen LogP contribution in [0.1, 0.15) is 16.1 Å². The number of aryl methyl sites for hydroxylation is 1. The summed E-state index contributed by atoms with van der Waals surface area (Å²) in [4.78, 5) is 26.2. The lowest BCUT2D eigenvalue weighted by atomic mass is 10.2. The standard InChI is InChI=1S/C13H15N3O2/c1-10-8-12(17)11(9-15-10)13(18)14-4-7-16-5-2-3-6-16/h2-3,5-6,8-9H,4,7H2,1H3,(H,14,18)(H,15,17). The van der Waals surface area contributed by atoms with Gasteiger partial charge in [-0.3, -0.25) is 9.59 Å². The quantitative estimate of drug-likeness (QED) is 0.841. The van der Waals surface area contributed by atoms with E-state index >= 15 is 0 Å². The molecule has 2 heterocycles. The predicted octanol–water partition coefficient (Wildman–Crippen LogP) is 0.915.